The fourth-order valence-corrected chi connectivity index (χ4v) is 2.76. The summed E-state index contributed by atoms with van der Waals surface area (Å²) in [4.78, 5) is 2.82. The van der Waals surface area contributed by atoms with Gasteiger partial charge in [-0.1, -0.05) is 26.1 Å². The summed E-state index contributed by atoms with van der Waals surface area (Å²) >= 11 is 5.16. The third-order valence-corrected chi connectivity index (χ3v) is 4.37. The minimum Gasteiger partial charge on any atom is -0.497 e. The molecule has 1 fully saturated rings. The Labute approximate surface area is 120 Å². The normalized spacial score (nSPS) is 23.2. The predicted molar refractivity (Wildman–Crippen MR) is 84.0 cm³/mol. The number of hydrogen-bond acceptors (Lipinski definition) is 3. The molecule has 0 aliphatic carbocycles. The Kier molecular flexibility index (Phi) is 4.30. The van der Waals surface area contributed by atoms with Crippen LogP contribution >= 0.6 is 12.2 Å². The topological polar surface area (TPSA) is 38.5 Å². The maximum atomic E-state index is 5.84. The van der Waals surface area contributed by atoms with Crippen molar-refractivity contribution < 1.29 is 4.74 Å². The van der Waals surface area contributed by atoms with Crippen molar-refractivity contribution in [2.75, 3.05) is 25.1 Å². The molecule has 1 saturated heterocycles. The van der Waals surface area contributed by atoms with Gasteiger partial charge in [-0.25, -0.2) is 0 Å². The molecule has 2 atom stereocenters. The molecule has 19 heavy (non-hydrogen) atoms. The van der Waals surface area contributed by atoms with Crippen molar-refractivity contribution in [3.05, 3.63) is 23.8 Å². The summed E-state index contributed by atoms with van der Waals surface area (Å²) in [5.41, 5.74) is 7.88. The first-order chi connectivity index (χ1) is 9.02. The van der Waals surface area contributed by atoms with Gasteiger partial charge in [-0.05, 0) is 30.4 Å². The molecule has 1 aliphatic rings. The molecule has 0 bridgehead atoms. The molecule has 1 heterocycles. The van der Waals surface area contributed by atoms with E-state index in [1.54, 1.807) is 7.11 Å². The highest BCUT2D eigenvalue weighted by Crippen LogP contribution is 2.31. The lowest BCUT2D eigenvalue weighted by atomic mass is 9.88. The van der Waals surface area contributed by atoms with Crippen molar-refractivity contribution >= 4 is 22.9 Å². The average molecular weight is 278 g/mol. The van der Waals surface area contributed by atoms with Gasteiger partial charge in [-0.15, -0.1) is 0 Å². The lowest BCUT2D eigenvalue weighted by molar-refractivity contribution is 0.323. The molecule has 0 amide bonds. The first-order valence-corrected chi connectivity index (χ1v) is 7.16. The molecule has 1 aromatic rings. The highest BCUT2D eigenvalue weighted by molar-refractivity contribution is 7.80. The van der Waals surface area contributed by atoms with Gasteiger partial charge in [0.05, 0.1) is 12.8 Å². The van der Waals surface area contributed by atoms with Crippen molar-refractivity contribution in [1.82, 2.24) is 0 Å². The molecular formula is C15H22N2OS. The van der Waals surface area contributed by atoms with Crippen LogP contribution < -0.4 is 15.4 Å². The van der Waals surface area contributed by atoms with Crippen LogP contribution in [-0.2, 0) is 0 Å². The number of ether oxygens (including phenoxy) is 1. The molecule has 3 nitrogen and oxygen atoms in total. The van der Waals surface area contributed by atoms with Crippen molar-refractivity contribution in [2.45, 2.75) is 20.3 Å². The standard InChI is InChI=1S/C15H22N2OS/c1-10-6-7-17(9-11(10)2)14-8-12(18-3)4-5-13(14)15(16)19/h4-5,8,10-11H,6-7,9H2,1-3H3,(H2,16,19). The van der Waals surface area contributed by atoms with Crippen LogP contribution in [0.25, 0.3) is 0 Å². The van der Waals surface area contributed by atoms with Gasteiger partial charge < -0.3 is 15.4 Å². The number of thiocarbonyl (C=S) groups is 1. The Morgan fingerprint density at radius 3 is 2.68 bits per heavy atom. The molecular weight excluding hydrogens is 256 g/mol. The molecule has 0 aromatic heterocycles. The number of rotatable bonds is 3. The van der Waals surface area contributed by atoms with Crippen LogP contribution in [0, 0.1) is 11.8 Å². The molecule has 2 unspecified atom stereocenters. The molecule has 1 aromatic carbocycles. The first-order valence-electron chi connectivity index (χ1n) is 6.75. The molecule has 0 saturated carbocycles. The number of benzene rings is 1. The maximum absolute atomic E-state index is 5.84. The van der Waals surface area contributed by atoms with Gasteiger partial charge in [0.25, 0.3) is 0 Å². The minimum absolute atomic E-state index is 0.448. The fraction of sp³-hybridized carbons (Fsp3) is 0.533. The van der Waals surface area contributed by atoms with Crippen molar-refractivity contribution in [3.63, 3.8) is 0 Å². The molecule has 4 heteroatoms. The highest BCUT2D eigenvalue weighted by atomic mass is 32.1. The fourth-order valence-electron chi connectivity index (χ4n) is 2.59. The minimum atomic E-state index is 0.448. The van der Waals surface area contributed by atoms with E-state index < -0.39 is 0 Å². The van der Waals surface area contributed by atoms with E-state index >= 15 is 0 Å². The zero-order valence-corrected chi connectivity index (χ0v) is 12.7. The zero-order chi connectivity index (χ0) is 14.0. The molecule has 2 rings (SSSR count). The van der Waals surface area contributed by atoms with Gasteiger partial charge in [-0.3, -0.25) is 0 Å². The molecule has 2 N–H and O–H groups in total. The van der Waals surface area contributed by atoms with Gasteiger partial charge >= 0.3 is 0 Å². The summed E-state index contributed by atoms with van der Waals surface area (Å²) in [6, 6.07) is 5.91. The third-order valence-electron chi connectivity index (χ3n) is 4.15. The van der Waals surface area contributed by atoms with Crippen LogP contribution in [0.1, 0.15) is 25.8 Å². The molecule has 0 spiro atoms. The lowest BCUT2D eigenvalue weighted by Gasteiger charge is -2.37. The van der Waals surface area contributed by atoms with Crippen LogP contribution in [0.2, 0.25) is 0 Å². The Hall–Kier alpha value is -1.29. The van der Waals surface area contributed by atoms with E-state index in [9.17, 15) is 0 Å². The first kappa shape index (κ1) is 14.1. The molecule has 0 radical (unpaired) electrons. The summed E-state index contributed by atoms with van der Waals surface area (Å²) in [6.45, 7) is 6.72. The number of methoxy groups -OCH3 is 1. The quantitative estimate of drug-likeness (QED) is 0.863. The predicted octanol–water partition coefficient (Wildman–Crippen LogP) is 2.81. The van der Waals surface area contributed by atoms with Crippen LogP contribution in [0.5, 0.6) is 5.75 Å². The van der Waals surface area contributed by atoms with Gasteiger partial charge in [0, 0.05) is 24.7 Å². The van der Waals surface area contributed by atoms with E-state index in [0.29, 0.717) is 10.9 Å². The Morgan fingerprint density at radius 1 is 1.37 bits per heavy atom. The summed E-state index contributed by atoms with van der Waals surface area (Å²) in [7, 11) is 1.68. The number of piperidine rings is 1. The van der Waals surface area contributed by atoms with Crippen LogP contribution in [-0.4, -0.2) is 25.2 Å². The second-order valence-corrected chi connectivity index (χ2v) is 5.88. The summed E-state index contributed by atoms with van der Waals surface area (Å²) in [6.07, 6.45) is 1.20. The average Bonchev–Trinajstić information content (AvgIpc) is 2.41. The molecule has 1 aliphatic heterocycles. The zero-order valence-electron chi connectivity index (χ0n) is 11.8. The highest BCUT2D eigenvalue weighted by Gasteiger charge is 2.24. The van der Waals surface area contributed by atoms with Crippen molar-refractivity contribution in [2.24, 2.45) is 17.6 Å². The largest absolute Gasteiger partial charge is 0.497 e. The number of nitrogens with zero attached hydrogens (tertiary/aromatic N) is 1. The van der Waals surface area contributed by atoms with Gasteiger partial charge in [-0.2, -0.15) is 0 Å². The van der Waals surface area contributed by atoms with Gasteiger partial charge in [0.1, 0.15) is 10.7 Å². The van der Waals surface area contributed by atoms with Crippen LogP contribution in [0.3, 0.4) is 0 Å². The second kappa shape index (κ2) is 5.78. The Bertz CT molecular complexity index is 475. The van der Waals surface area contributed by atoms with E-state index in [2.05, 4.69) is 18.7 Å². The SMILES string of the molecule is COc1ccc(C(N)=S)c(N2CCC(C)C(C)C2)c1. The van der Waals surface area contributed by atoms with Crippen LogP contribution in [0.15, 0.2) is 18.2 Å². The summed E-state index contributed by atoms with van der Waals surface area (Å²) in [5, 5.41) is 0. The van der Waals surface area contributed by atoms with E-state index in [1.807, 2.05) is 18.2 Å². The summed E-state index contributed by atoms with van der Waals surface area (Å²) in [5.74, 6) is 2.30. The van der Waals surface area contributed by atoms with Crippen molar-refractivity contribution in [1.29, 1.82) is 0 Å². The number of anilines is 1. The van der Waals surface area contributed by atoms with Gasteiger partial charge in [0.2, 0.25) is 0 Å². The monoisotopic (exact) mass is 278 g/mol. The van der Waals surface area contributed by atoms with Crippen molar-refractivity contribution in [3.8, 4) is 5.75 Å². The van der Waals surface area contributed by atoms with Gasteiger partial charge in [0.15, 0.2) is 0 Å². The smallest absolute Gasteiger partial charge is 0.120 e. The molecule has 104 valence electrons. The Morgan fingerprint density at radius 2 is 2.11 bits per heavy atom. The Balaban J connectivity index is 2.34. The van der Waals surface area contributed by atoms with E-state index in [-0.39, 0.29) is 0 Å². The third kappa shape index (κ3) is 3.00. The second-order valence-electron chi connectivity index (χ2n) is 5.44. The van der Waals surface area contributed by atoms with E-state index in [0.717, 1.165) is 36.0 Å². The number of nitrogens with two attached hydrogens (primary N) is 1. The maximum Gasteiger partial charge on any atom is 0.120 e. The van der Waals surface area contributed by atoms with Crippen LogP contribution in [0.4, 0.5) is 5.69 Å². The van der Waals surface area contributed by atoms with E-state index in [4.69, 9.17) is 22.7 Å². The summed E-state index contributed by atoms with van der Waals surface area (Å²) < 4.78 is 5.32. The lowest BCUT2D eigenvalue weighted by Crippen LogP contribution is -2.39. The van der Waals surface area contributed by atoms with E-state index in [1.165, 1.54) is 6.42 Å². The number of hydrogen-bond donors (Lipinski definition) is 1.